The van der Waals surface area contributed by atoms with Crippen LogP contribution < -0.4 is 15.4 Å². The van der Waals surface area contributed by atoms with Crippen LogP contribution in [0, 0.1) is 0 Å². The zero-order valence-electron chi connectivity index (χ0n) is 13.8. The third kappa shape index (κ3) is 2.42. The molecule has 3 heterocycles. The standard InChI is InChI=1S/C17H20N6O/c1-22(2)12-6-3-5-11(9-12)14-7-4-8-23(14)17-19-15-13(10-18-21-15)16(24)20-17/h3,5-6,9-10,14H,4,7-8H2,1-2H3,(H2,18,19,20,21,24)/t14-/m1/s1. The number of aromatic nitrogens is 4. The molecule has 7 heteroatoms. The largest absolute Gasteiger partial charge is 0.378 e. The van der Waals surface area contributed by atoms with Crippen LogP contribution in [0.25, 0.3) is 11.0 Å². The summed E-state index contributed by atoms with van der Waals surface area (Å²) in [7, 11) is 4.08. The third-order valence-corrected chi connectivity index (χ3v) is 4.60. The molecule has 1 atom stereocenters. The molecule has 2 aromatic heterocycles. The lowest BCUT2D eigenvalue weighted by atomic mass is 10.0. The van der Waals surface area contributed by atoms with Gasteiger partial charge in [0.2, 0.25) is 5.95 Å². The lowest BCUT2D eigenvalue weighted by Gasteiger charge is -2.26. The van der Waals surface area contributed by atoms with Gasteiger partial charge >= 0.3 is 0 Å². The number of benzene rings is 1. The predicted molar refractivity (Wildman–Crippen MR) is 94.6 cm³/mol. The van der Waals surface area contributed by atoms with Crippen molar-refractivity contribution in [2.75, 3.05) is 30.4 Å². The van der Waals surface area contributed by atoms with Gasteiger partial charge in [0, 0.05) is 26.3 Å². The van der Waals surface area contributed by atoms with E-state index in [0.29, 0.717) is 17.0 Å². The zero-order chi connectivity index (χ0) is 16.7. The molecule has 0 unspecified atom stereocenters. The van der Waals surface area contributed by atoms with Crippen LogP contribution in [0.15, 0.2) is 35.3 Å². The van der Waals surface area contributed by atoms with Gasteiger partial charge in [0.25, 0.3) is 5.56 Å². The number of fused-ring (bicyclic) bond motifs is 1. The molecule has 3 aromatic rings. The van der Waals surface area contributed by atoms with E-state index >= 15 is 0 Å². The topological polar surface area (TPSA) is 80.9 Å². The molecule has 24 heavy (non-hydrogen) atoms. The van der Waals surface area contributed by atoms with Gasteiger partial charge in [-0.3, -0.25) is 14.9 Å². The van der Waals surface area contributed by atoms with Crippen LogP contribution in [-0.2, 0) is 0 Å². The fourth-order valence-electron chi connectivity index (χ4n) is 3.35. The minimum atomic E-state index is -0.156. The molecule has 0 radical (unpaired) electrons. The molecule has 1 saturated heterocycles. The average Bonchev–Trinajstić information content (AvgIpc) is 3.24. The normalized spacial score (nSPS) is 17.6. The van der Waals surface area contributed by atoms with Gasteiger partial charge in [-0.15, -0.1) is 0 Å². The number of nitrogens with zero attached hydrogens (tertiary/aromatic N) is 4. The molecule has 124 valence electrons. The maximum atomic E-state index is 12.2. The molecule has 0 spiro atoms. The van der Waals surface area contributed by atoms with Gasteiger partial charge in [0.05, 0.1) is 12.2 Å². The van der Waals surface area contributed by atoms with Crippen molar-refractivity contribution in [3.05, 3.63) is 46.4 Å². The number of aromatic amines is 2. The van der Waals surface area contributed by atoms with Gasteiger partial charge in [0.15, 0.2) is 5.65 Å². The van der Waals surface area contributed by atoms with Crippen molar-refractivity contribution in [1.29, 1.82) is 0 Å². The summed E-state index contributed by atoms with van der Waals surface area (Å²) in [6.07, 6.45) is 3.62. The summed E-state index contributed by atoms with van der Waals surface area (Å²) in [5.41, 5.74) is 2.79. The molecule has 0 bridgehead atoms. The van der Waals surface area contributed by atoms with Gasteiger partial charge in [-0.05, 0) is 30.5 Å². The highest BCUT2D eigenvalue weighted by atomic mass is 16.1. The second-order valence-corrected chi connectivity index (χ2v) is 6.36. The molecule has 1 fully saturated rings. The number of anilines is 2. The van der Waals surface area contributed by atoms with Gasteiger partial charge in [0.1, 0.15) is 5.39 Å². The Morgan fingerprint density at radius 2 is 2.21 bits per heavy atom. The Balaban J connectivity index is 1.74. The Morgan fingerprint density at radius 3 is 3.04 bits per heavy atom. The summed E-state index contributed by atoms with van der Waals surface area (Å²) >= 11 is 0. The van der Waals surface area contributed by atoms with Crippen molar-refractivity contribution in [3.8, 4) is 0 Å². The average molecular weight is 324 g/mol. The van der Waals surface area contributed by atoms with E-state index in [-0.39, 0.29) is 11.6 Å². The van der Waals surface area contributed by atoms with Gasteiger partial charge in [-0.25, -0.2) is 0 Å². The highest BCUT2D eigenvalue weighted by Crippen LogP contribution is 2.35. The number of hydrogen-bond donors (Lipinski definition) is 2. The number of H-pyrrole nitrogens is 2. The minimum Gasteiger partial charge on any atom is -0.378 e. The Hall–Kier alpha value is -2.83. The SMILES string of the molecule is CN(C)c1cccc([C@H]2CCCN2c2nc3[nH]ncc3c(=O)[nH]2)c1. The first-order chi connectivity index (χ1) is 11.6. The van der Waals surface area contributed by atoms with Crippen molar-refractivity contribution in [3.63, 3.8) is 0 Å². The number of hydrogen-bond acceptors (Lipinski definition) is 5. The van der Waals surface area contributed by atoms with E-state index in [0.717, 1.165) is 19.4 Å². The molecule has 7 nitrogen and oxygen atoms in total. The highest BCUT2D eigenvalue weighted by molar-refractivity contribution is 5.73. The van der Waals surface area contributed by atoms with E-state index in [2.05, 4.69) is 54.2 Å². The monoisotopic (exact) mass is 324 g/mol. The summed E-state index contributed by atoms with van der Waals surface area (Å²) in [5, 5.41) is 7.18. The van der Waals surface area contributed by atoms with E-state index in [9.17, 15) is 4.79 Å². The van der Waals surface area contributed by atoms with Crippen LogP contribution in [0.5, 0.6) is 0 Å². The first-order valence-corrected chi connectivity index (χ1v) is 8.11. The van der Waals surface area contributed by atoms with Gasteiger partial charge in [-0.1, -0.05) is 12.1 Å². The fraction of sp³-hybridized carbons (Fsp3) is 0.353. The summed E-state index contributed by atoms with van der Waals surface area (Å²) in [5.74, 6) is 0.606. The lowest BCUT2D eigenvalue weighted by Crippen LogP contribution is -2.27. The van der Waals surface area contributed by atoms with Crippen LogP contribution in [-0.4, -0.2) is 40.8 Å². The molecule has 0 aliphatic carbocycles. The van der Waals surface area contributed by atoms with E-state index in [1.165, 1.54) is 17.4 Å². The molecule has 4 rings (SSSR count). The van der Waals surface area contributed by atoms with Crippen molar-refractivity contribution < 1.29 is 0 Å². The fourth-order valence-corrected chi connectivity index (χ4v) is 3.35. The second-order valence-electron chi connectivity index (χ2n) is 6.36. The second kappa shape index (κ2) is 5.67. The van der Waals surface area contributed by atoms with Crippen LogP contribution in [0.2, 0.25) is 0 Å². The van der Waals surface area contributed by atoms with Gasteiger partial charge in [-0.2, -0.15) is 10.1 Å². The Bertz CT molecular complexity index is 928. The van der Waals surface area contributed by atoms with Crippen molar-refractivity contribution in [1.82, 2.24) is 20.2 Å². The maximum Gasteiger partial charge on any atom is 0.263 e. The molecule has 0 amide bonds. The Kier molecular flexibility index (Phi) is 3.48. The summed E-state index contributed by atoms with van der Waals surface area (Å²) < 4.78 is 0. The molecule has 1 aliphatic rings. The van der Waals surface area contributed by atoms with E-state index in [4.69, 9.17) is 0 Å². The highest BCUT2D eigenvalue weighted by Gasteiger charge is 2.28. The molecule has 2 N–H and O–H groups in total. The van der Waals surface area contributed by atoms with Crippen LogP contribution in [0.1, 0.15) is 24.4 Å². The Labute approximate surface area is 139 Å². The minimum absolute atomic E-state index is 0.156. The summed E-state index contributed by atoms with van der Waals surface area (Å²) in [6, 6.07) is 8.74. The van der Waals surface area contributed by atoms with Crippen LogP contribution in [0.3, 0.4) is 0 Å². The quantitative estimate of drug-likeness (QED) is 0.771. The first-order valence-electron chi connectivity index (χ1n) is 8.11. The molecular formula is C17H20N6O. The van der Waals surface area contributed by atoms with E-state index in [1.807, 2.05) is 14.1 Å². The maximum absolute atomic E-state index is 12.2. The lowest BCUT2D eigenvalue weighted by molar-refractivity contribution is 0.702. The summed E-state index contributed by atoms with van der Waals surface area (Å²) in [6.45, 7) is 0.874. The number of rotatable bonds is 3. The predicted octanol–water partition coefficient (Wildman–Crippen LogP) is 2.05. The zero-order valence-corrected chi connectivity index (χ0v) is 13.8. The first kappa shape index (κ1) is 14.7. The van der Waals surface area contributed by atoms with Crippen molar-refractivity contribution in [2.45, 2.75) is 18.9 Å². The molecule has 0 saturated carbocycles. The third-order valence-electron chi connectivity index (χ3n) is 4.60. The molecular weight excluding hydrogens is 304 g/mol. The van der Waals surface area contributed by atoms with Gasteiger partial charge < -0.3 is 9.80 Å². The van der Waals surface area contributed by atoms with E-state index < -0.39 is 0 Å². The summed E-state index contributed by atoms with van der Waals surface area (Å²) in [4.78, 5) is 23.9. The number of nitrogens with one attached hydrogen (secondary N) is 2. The van der Waals surface area contributed by atoms with Crippen LogP contribution >= 0.6 is 0 Å². The Morgan fingerprint density at radius 1 is 1.33 bits per heavy atom. The van der Waals surface area contributed by atoms with Crippen LogP contribution in [0.4, 0.5) is 11.6 Å². The smallest absolute Gasteiger partial charge is 0.263 e. The van der Waals surface area contributed by atoms with E-state index in [1.54, 1.807) is 0 Å². The molecule has 1 aromatic carbocycles. The van der Waals surface area contributed by atoms with Crippen molar-refractivity contribution >= 4 is 22.7 Å². The molecule has 1 aliphatic heterocycles. The van der Waals surface area contributed by atoms with Crippen molar-refractivity contribution in [2.24, 2.45) is 0 Å².